The van der Waals surface area contributed by atoms with Crippen LogP contribution in [0.1, 0.15) is 29.8 Å². The Labute approximate surface area is 179 Å². The number of carbonyl (C=O) groups excluding carboxylic acids is 2. The Kier molecular flexibility index (Phi) is 6.69. The maximum atomic E-state index is 12.6. The Morgan fingerprint density at radius 3 is 2.43 bits per heavy atom. The Balaban J connectivity index is 1.72. The quantitative estimate of drug-likeness (QED) is 0.411. The van der Waals surface area contributed by atoms with Gasteiger partial charge in [0.1, 0.15) is 11.8 Å². The number of phenolic OH excluding ortho intramolecular Hbond substituents is 1. The number of hydrogen-bond donors (Lipinski definition) is 3. The third kappa shape index (κ3) is 4.96. The molecule has 1 unspecified atom stereocenters. The first-order chi connectivity index (χ1) is 14.4. The topological polar surface area (TPSA) is 90.8 Å². The lowest BCUT2D eigenvalue weighted by Gasteiger charge is -2.20. The van der Waals surface area contributed by atoms with Crippen molar-refractivity contribution in [3.8, 4) is 5.75 Å². The minimum absolute atomic E-state index is 0.0585. The molecule has 0 spiro atoms. The van der Waals surface area contributed by atoms with Gasteiger partial charge in [-0.1, -0.05) is 55.8 Å². The molecule has 154 valence electrons. The highest BCUT2D eigenvalue weighted by molar-refractivity contribution is 6.30. The molecule has 0 fully saturated rings. The number of amides is 2. The molecule has 0 heterocycles. The largest absolute Gasteiger partial charge is 0.507 e. The van der Waals surface area contributed by atoms with Crippen LogP contribution in [0.2, 0.25) is 5.02 Å². The maximum Gasteiger partial charge on any atom is 0.262 e. The van der Waals surface area contributed by atoms with Crippen LogP contribution < -0.4 is 10.7 Å². The van der Waals surface area contributed by atoms with Crippen LogP contribution in [0.4, 0.5) is 0 Å². The minimum Gasteiger partial charge on any atom is -0.507 e. The number of benzene rings is 3. The highest BCUT2D eigenvalue weighted by Crippen LogP contribution is 2.25. The second-order valence-electron chi connectivity index (χ2n) is 7.16. The van der Waals surface area contributed by atoms with E-state index in [1.54, 1.807) is 30.3 Å². The Morgan fingerprint density at radius 1 is 1.03 bits per heavy atom. The van der Waals surface area contributed by atoms with Gasteiger partial charge in [0.05, 0.1) is 6.21 Å². The van der Waals surface area contributed by atoms with Gasteiger partial charge in [-0.3, -0.25) is 9.59 Å². The van der Waals surface area contributed by atoms with E-state index in [0.717, 1.165) is 10.8 Å². The smallest absolute Gasteiger partial charge is 0.262 e. The summed E-state index contributed by atoms with van der Waals surface area (Å²) < 4.78 is 0. The van der Waals surface area contributed by atoms with Crippen LogP contribution in [0.3, 0.4) is 0 Å². The summed E-state index contributed by atoms with van der Waals surface area (Å²) in [6, 6.07) is 16.6. The predicted molar refractivity (Wildman–Crippen MR) is 119 cm³/mol. The normalized spacial score (nSPS) is 12.3. The second kappa shape index (κ2) is 9.41. The number of fused-ring (bicyclic) bond motifs is 1. The molecule has 3 aromatic carbocycles. The van der Waals surface area contributed by atoms with E-state index in [0.29, 0.717) is 16.1 Å². The van der Waals surface area contributed by atoms with Gasteiger partial charge in [0, 0.05) is 16.1 Å². The van der Waals surface area contributed by atoms with Crippen LogP contribution in [0.5, 0.6) is 5.75 Å². The van der Waals surface area contributed by atoms with Gasteiger partial charge in [-0.15, -0.1) is 0 Å². The molecule has 2 amide bonds. The van der Waals surface area contributed by atoms with Crippen molar-refractivity contribution in [2.75, 3.05) is 0 Å². The summed E-state index contributed by atoms with van der Waals surface area (Å²) in [7, 11) is 0. The van der Waals surface area contributed by atoms with E-state index in [1.807, 2.05) is 44.2 Å². The molecule has 3 aromatic rings. The highest BCUT2D eigenvalue weighted by Gasteiger charge is 2.24. The fourth-order valence-corrected chi connectivity index (χ4v) is 3.14. The van der Waals surface area contributed by atoms with Crippen LogP contribution in [0, 0.1) is 5.92 Å². The van der Waals surface area contributed by atoms with E-state index in [-0.39, 0.29) is 17.6 Å². The van der Waals surface area contributed by atoms with Gasteiger partial charge in [0.15, 0.2) is 0 Å². The zero-order valence-corrected chi connectivity index (χ0v) is 17.4. The van der Waals surface area contributed by atoms with Gasteiger partial charge in [-0.05, 0) is 47.0 Å². The van der Waals surface area contributed by atoms with Crippen molar-refractivity contribution in [2.45, 2.75) is 19.9 Å². The Morgan fingerprint density at radius 2 is 1.73 bits per heavy atom. The average Bonchev–Trinajstić information content (AvgIpc) is 2.73. The summed E-state index contributed by atoms with van der Waals surface area (Å²) in [5.74, 6) is -0.940. The van der Waals surface area contributed by atoms with Gasteiger partial charge in [-0.2, -0.15) is 5.10 Å². The zero-order valence-electron chi connectivity index (χ0n) is 16.6. The summed E-state index contributed by atoms with van der Waals surface area (Å²) >= 11 is 5.85. The SMILES string of the molecule is CC(C)C(NC(=O)c1ccc(Cl)cc1)C(=O)N/N=C/c1c(O)ccc2ccccc12. The average molecular weight is 424 g/mol. The molecular weight excluding hydrogens is 402 g/mol. The van der Waals surface area contributed by atoms with Crippen molar-refractivity contribution >= 4 is 40.4 Å². The number of halogens is 1. The van der Waals surface area contributed by atoms with E-state index >= 15 is 0 Å². The second-order valence-corrected chi connectivity index (χ2v) is 7.59. The fourth-order valence-electron chi connectivity index (χ4n) is 3.01. The molecule has 7 heteroatoms. The van der Waals surface area contributed by atoms with E-state index in [1.165, 1.54) is 6.21 Å². The molecule has 0 aliphatic carbocycles. The fraction of sp³-hybridized carbons (Fsp3) is 0.174. The zero-order chi connectivity index (χ0) is 21.7. The van der Waals surface area contributed by atoms with Crippen LogP contribution in [0.15, 0.2) is 65.8 Å². The van der Waals surface area contributed by atoms with Crippen LogP contribution >= 0.6 is 11.6 Å². The van der Waals surface area contributed by atoms with Crippen LogP contribution in [-0.2, 0) is 4.79 Å². The molecule has 3 rings (SSSR count). The molecule has 0 saturated carbocycles. The number of carbonyl (C=O) groups is 2. The molecule has 0 saturated heterocycles. The summed E-state index contributed by atoms with van der Waals surface area (Å²) in [4.78, 5) is 25.1. The van der Waals surface area contributed by atoms with Crippen molar-refractivity contribution in [3.05, 3.63) is 76.8 Å². The van der Waals surface area contributed by atoms with Gasteiger partial charge < -0.3 is 10.4 Å². The van der Waals surface area contributed by atoms with E-state index in [9.17, 15) is 14.7 Å². The Bertz CT molecular complexity index is 1090. The lowest BCUT2D eigenvalue weighted by atomic mass is 10.0. The standard InChI is InChI=1S/C23H22ClN3O3/c1-14(2)21(26-22(29)16-7-10-17(24)11-8-16)23(30)27-25-13-19-18-6-4-3-5-15(18)9-12-20(19)28/h3-14,21,28H,1-2H3,(H,26,29)(H,27,30)/b25-13+. The summed E-state index contributed by atoms with van der Waals surface area (Å²) in [6.45, 7) is 3.65. The van der Waals surface area contributed by atoms with Gasteiger partial charge in [0.2, 0.25) is 0 Å². The van der Waals surface area contributed by atoms with Crippen molar-refractivity contribution in [1.82, 2.24) is 10.7 Å². The van der Waals surface area contributed by atoms with Gasteiger partial charge >= 0.3 is 0 Å². The van der Waals surface area contributed by atoms with E-state index in [2.05, 4.69) is 15.8 Å². The number of aromatic hydroxyl groups is 1. The first-order valence-electron chi connectivity index (χ1n) is 9.47. The summed E-state index contributed by atoms with van der Waals surface area (Å²) in [6.07, 6.45) is 1.40. The van der Waals surface area contributed by atoms with E-state index < -0.39 is 11.9 Å². The molecule has 0 radical (unpaired) electrons. The number of rotatable bonds is 6. The monoisotopic (exact) mass is 423 g/mol. The van der Waals surface area contributed by atoms with E-state index in [4.69, 9.17) is 11.6 Å². The lowest BCUT2D eigenvalue weighted by molar-refractivity contribution is -0.123. The molecule has 3 N–H and O–H groups in total. The molecule has 6 nitrogen and oxygen atoms in total. The first-order valence-corrected chi connectivity index (χ1v) is 9.84. The number of phenols is 1. The molecule has 0 aliphatic heterocycles. The van der Waals surface area contributed by atoms with Gasteiger partial charge in [0.25, 0.3) is 11.8 Å². The third-order valence-corrected chi connectivity index (χ3v) is 4.91. The van der Waals surface area contributed by atoms with Crippen LogP contribution in [0.25, 0.3) is 10.8 Å². The molecule has 0 aromatic heterocycles. The number of hydrazone groups is 1. The highest BCUT2D eigenvalue weighted by atomic mass is 35.5. The molecule has 1 atom stereocenters. The molecule has 30 heavy (non-hydrogen) atoms. The minimum atomic E-state index is -0.786. The van der Waals surface area contributed by atoms with Crippen molar-refractivity contribution in [2.24, 2.45) is 11.0 Å². The third-order valence-electron chi connectivity index (χ3n) is 4.66. The maximum absolute atomic E-state index is 12.6. The van der Waals surface area contributed by atoms with Crippen molar-refractivity contribution in [1.29, 1.82) is 0 Å². The number of nitrogens with one attached hydrogen (secondary N) is 2. The summed E-state index contributed by atoms with van der Waals surface area (Å²) in [5.41, 5.74) is 3.36. The molecular formula is C23H22ClN3O3. The van der Waals surface area contributed by atoms with Crippen LogP contribution in [-0.4, -0.2) is 29.2 Å². The first kappa shape index (κ1) is 21.3. The molecule has 0 bridgehead atoms. The lowest BCUT2D eigenvalue weighted by Crippen LogP contribution is -2.48. The van der Waals surface area contributed by atoms with Gasteiger partial charge in [-0.25, -0.2) is 5.43 Å². The van der Waals surface area contributed by atoms with Crippen molar-refractivity contribution < 1.29 is 14.7 Å². The molecule has 0 aliphatic rings. The predicted octanol–water partition coefficient (Wildman–Crippen LogP) is 4.10. The van der Waals surface area contributed by atoms with Crippen molar-refractivity contribution in [3.63, 3.8) is 0 Å². The summed E-state index contributed by atoms with van der Waals surface area (Å²) in [5, 5.41) is 19.2. The number of nitrogens with zero attached hydrogens (tertiary/aromatic N) is 1. The Hall–Kier alpha value is -3.38. The number of hydrogen-bond acceptors (Lipinski definition) is 4.